The lowest BCUT2D eigenvalue weighted by Gasteiger charge is -2.34. The van der Waals surface area contributed by atoms with Gasteiger partial charge in [0.05, 0.1) is 22.4 Å². The first-order valence-corrected chi connectivity index (χ1v) is 14.8. The first-order chi connectivity index (χ1) is 21.8. The molecule has 44 heavy (non-hydrogen) atoms. The summed E-state index contributed by atoms with van der Waals surface area (Å²) in [6.45, 7) is 0. The number of aromatic nitrogens is 2. The Balaban J connectivity index is 1.38. The molecule has 0 radical (unpaired) electrons. The molecule has 204 valence electrons. The second-order valence-electron chi connectivity index (χ2n) is 11.4. The van der Waals surface area contributed by atoms with Gasteiger partial charge in [0.1, 0.15) is 16.9 Å². The van der Waals surface area contributed by atoms with E-state index in [1.54, 1.807) is 0 Å². The van der Waals surface area contributed by atoms with Gasteiger partial charge < -0.3 is 4.42 Å². The van der Waals surface area contributed by atoms with Crippen LogP contribution < -0.4 is 4.90 Å². The van der Waals surface area contributed by atoms with E-state index in [-0.39, 0.29) is 0 Å². The molecule has 0 bridgehead atoms. The number of hydrogen-bond acceptors (Lipinski definition) is 4. The summed E-state index contributed by atoms with van der Waals surface area (Å²) in [4.78, 5) is 13.1. The summed E-state index contributed by atoms with van der Waals surface area (Å²) >= 11 is 0. The number of hydrogen-bond donors (Lipinski definition) is 0. The highest BCUT2D eigenvalue weighted by atomic mass is 16.3. The SMILES string of the molecule is c1ccc2c3c(ccc2c1)N(c1nc2ccccc2nc1-c1cccc2oc4ccccc4c12)c1cccc2cccc-3c12. The topological polar surface area (TPSA) is 42.2 Å². The maximum atomic E-state index is 6.32. The molecule has 0 saturated carbocycles. The van der Waals surface area contributed by atoms with E-state index in [4.69, 9.17) is 14.4 Å². The molecule has 1 aliphatic rings. The molecular formula is C40H23N3O. The molecule has 0 aliphatic carbocycles. The fraction of sp³-hybridized carbons (Fsp3) is 0. The van der Waals surface area contributed by atoms with Crippen LogP contribution in [0.25, 0.3) is 76.9 Å². The number of para-hydroxylation sites is 3. The highest BCUT2D eigenvalue weighted by Gasteiger charge is 2.31. The Morgan fingerprint density at radius 2 is 1.14 bits per heavy atom. The maximum Gasteiger partial charge on any atom is 0.165 e. The molecule has 7 aromatic carbocycles. The number of anilines is 3. The summed E-state index contributed by atoms with van der Waals surface area (Å²) in [6, 6.07) is 48.8. The Kier molecular flexibility index (Phi) is 4.69. The van der Waals surface area contributed by atoms with Crippen LogP contribution in [-0.2, 0) is 0 Å². The monoisotopic (exact) mass is 561 g/mol. The van der Waals surface area contributed by atoms with Crippen molar-refractivity contribution < 1.29 is 4.42 Å². The highest BCUT2D eigenvalue weighted by Crippen LogP contribution is 2.54. The minimum atomic E-state index is 0.792. The highest BCUT2D eigenvalue weighted by molar-refractivity contribution is 6.20. The van der Waals surface area contributed by atoms with Crippen molar-refractivity contribution in [1.29, 1.82) is 0 Å². The van der Waals surface area contributed by atoms with Crippen molar-refractivity contribution in [3.05, 3.63) is 140 Å². The Hall–Kier alpha value is -6.00. The lowest BCUT2D eigenvalue weighted by atomic mass is 9.87. The first-order valence-electron chi connectivity index (χ1n) is 14.8. The van der Waals surface area contributed by atoms with Gasteiger partial charge >= 0.3 is 0 Å². The average Bonchev–Trinajstić information content (AvgIpc) is 3.47. The summed E-state index contributed by atoms with van der Waals surface area (Å²) < 4.78 is 6.32. The molecule has 4 heteroatoms. The minimum Gasteiger partial charge on any atom is -0.456 e. The predicted molar refractivity (Wildman–Crippen MR) is 181 cm³/mol. The molecule has 9 aromatic rings. The van der Waals surface area contributed by atoms with Crippen LogP contribution in [0, 0.1) is 0 Å². The van der Waals surface area contributed by atoms with Crippen LogP contribution in [0.1, 0.15) is 0 Å². The van der Waals surface area contributed by atoms with E-state index in [0.717, 1.165) is 61.4 Å². The number of benzene rings is 7. The van der Waals surface area contributed by atoms with Crippen molar-refractivity contribution in [3.63, 3.8) is 0 Å². The molecule has 0 fully saturated rings. The summed E-state index contributed by atoms with van der Waals surface area (Å²) in [5.74, 6) is 0.792. The number of fused-ring (bicyclic) bond motifs is 8. The molecule has 0 N–H and O–H groups in total. The predicted octanol–water partition coefficient (Wildman–Crippen LogP) is 11.0. The van der Waals surface area contributed by atoms with Gasteiger partial charge in [-0.2, -0.15) is 0 Å². The lowest BCUT2D eigenvalue weighted by Crippen LogP contribution is -2.18. The van der Waals surface area contributed by atoms with Crippen molar-refractivity contribution in [2.75, 3.05) is 4.90 Å². The van der Waals surface area contributed by atoms with Crippen LogP contribution in [0.15, 0.2) is 144 Å². The van der Waals surface area contributed by atoms with E-state index in [2.05, 4.69) is 95.9 Å². The van der Waals surface area contributed by atoms with Gasteiger partial charge in [-0.3, -0.25) is 4.90 Å². The second-order valence-corrected chi connectivity index (χ2v) is 11.4. The summed E-state index contributed by atoms with van der Waals surface area (Å²) in [5, 5.41) is 6.95. The van der Waals surface area contributed by atoms with E-state index in [1.807, 2.05) is 48.5 Å². The van der Waals surface area contributed by atoms with Crippen molar-refractivity contribution in [1.82, 2.24) is 9.97 Å². The zero-order valence-electron chi connectivity index (χ0n) is 23.5. The Morgan fingerprint density at radius 1 is 0.455 bits per heavy atom. The van der Waals surface area contributed by atoms with E-state index in [0.29, 0.717) is 0 Å². The van der Waals surface area contributed by atoms with Crippen LogP contribution in [0.3, 0.4) is 0 Å². The number of rotatable bonds is 2. The summed E-state index contributed by atoms with van der Waals surface area (Å²) in [6.07, 6.45) is 0. The Labute approximate surface area is 252 Å². The van der Waals surface area contributed by atoms with Gasteiger partial charge in [-0.25, -0.2) is 9.97 Å². The van der Waals surface area contributed by atoms with E-state index < -0.39 is 0 Å². The summed E-state index contributed by atoms with van der Waals surface area (Å²) in [5.41, 5.74) is 9.83. The van der Waals surface area contributed by atoms with E-state index >= 15 is 0 Å². The van der Waals surface area contributed by atoms with Gasteiger partial charge in [0.15, 0.2) is 5.82 Å². The molecule has 2 aromatic heterocycles. The van der Waals surface area contributed by atoms with Crippen LogP contribution in [0.4, 0.5) is 17.2 Å². The quantitative estimate of drug-likeness (QED) is 0.211. The molecule has 3 heterocycles. The molecule has 0 atom stereocenters. The van der Waals surface area contributed by atoms with Gasteiger partial charge in [-0.1, -0.05) is 103 Å². The molecule has 1 aliphatic heterocycles. The Bertz CT molecular complexity index is 2630. The van der Waals surface area contributed by atoms with E-state index in [9.17, 15) is 0 Å². The third kappa shape index (κ3) is 3.17. The molecule has 0 unspecified atom stereocenters. The van der Waals surface area contributed by atoms with Crippen molar-refractivity contribution in [2.24, 2.45) is 0 Å². The molecule has 0 amide bonds. The van der Waals surface area contributed by atoms with Crippen molar-refractivity contribution >= 4 is 71.7 Å². The van der Waals surface area contributed by atoms with Gasteiger partial charge in [-0.15, -0.1) is 0 Å². The van der Waals surface area contributed by atoms with Gasteiger partial charge in [-0.05, 0) is 58.1 Å². The largest absolute Gasteiger partial charge is 0.456 e. The fourth-order valence-electron chi connectivity index (χ4n) is 7.10. The second kappa shape index (κ2) is 8.76. The van der Waals surface area contributed by atoms with Gasteiger partial charge in [0.25, 0.3) is 0 Å². The molecule has 10 rings (SSSR count). The van der Waals surface area contributed by atoms with Crippen molar-refractivity contribution in [2.45, 2.75) is 0 Å². The van der Waals surface area contributed by atoms with Gasteiger partial charge in [0, 0.05) is 27.3 Å². The average molecular weight is 562 g/mol. The summed E-state index contributed by atoms with van der Waals surface area (Å²) in [7, 11) is 0. The smallest absolute Gasteiger partial charge is 0.165 e. The molecule has 4 nitrogen and oxygen atoms in total. The van der Waals surface area contributed by atoms with Crippen LogP contribution in [-0.4, -0.2) is 9.97 Å². The van der Waals surface area contributed by atoms with Gasteiger partial charge in [0.2, 0.25) is 0 Å². The van der Waals surface area contributed by atoms with Crippen LogP contribution in [0.2, 0.25) is 0 Å². The third-order valence-corrected chi connectivity index (χ3v) is 8.96. The zero-order valence-corrected chi connectivity index (χ0v) is 23.5. The fourth-order valence-corrected chi connectivity index (χ4v) is 7.10. The standard InChI is InChI=1S/C40H23N3O/c1-2-13-26-24(10-1)22-23-33-37(26)28-15-7-11-25-12-8-19-32(36(25)28)43(33)40-39(41-30-17-4-5-18-31(30)42-40)29-16-9-21-35-38(29)27-14-3-6-20-34(27)44-35/h1-23H. The number of nitrogens with zero attached hydrogens (tertiary/aromatic N) is 3. The zero-order chi connectivity index (χ0) is 28.8. The third-order valence-electron chi connectivity index (χ3n) is 8.96. The molecular weight excluding hydrogens is 538 g/mol. The van der Waals surface area contributed by atoms with Crippen molar-refractivity contribution in [3.8, 4) is 22.4 Å². The van der Waals surface area contributed by atoms with Crippen LogP contribution in [0.5, 0.6) is 0 Å². The first kappa shape index (κ1) is 23.6. The van der Waals surface area contributed by atoms with Crippen LogP contribution >= 0.6 is 0 Å². The normalized spacial score (nSPS) is 12.5. The van der Waals surface area contributed by atoms with E-state index in [1.165, 1.54) is 32.7 Å². The number of furan rings is 1. The molecule has 0 spiro atoms. The Morgan fingerprint density at radius 3 is 2.05 bits per heavy atom. The molecule has 0 saturated heterocycles. The lowest BCUT2D eigenvalue weighted by molar-refractivity contribution is 0.669. The maximum absolute atomic E-state index is 6.32. The minimum absolute atomic E-state index is 0.792.